The fourth-order valence-electron chi connectivity index (χ4n) is 5.73. The van der Waals surface area contributed by atoms with E-state index in [0.717, 1.165) is 33.7 Å². The van der Waals surface area contributed by atoms with Crippen LogP contribution in [-0.2, 0) is 24.2 Å². The molecule has 2 amide bonds. The lowest BCUT2D eigenvalue weighted by Gasteiger charge is -2.22. The summed E-state index contributed by atoms with van der Waals surface area (Å²) in [5, 5.41) is 3.91. The Hall–Kier alpha value is -5.83. The molecule has 2 aromatic heterocycles. The van der Waals surface area contributed by atoms with Gasteiger partial charge in [-0.15, -0.1) is 0 Å². The van der Waals surface area contributed by atoms with Crippen molar-refractivity contribution in [3.05, 3.63) is 155 Å². The predicted molar refractivity (Wildman–Crippen MR) is 177 cm³/mol. The summed E-state index contributed by atoms with van der Waals surface area (Å²) in [6.45, 7) is 2.38. The molecular weight excluding hydrogens is 598 g/mol. The van der Waals surface area contributed by atoms with Crippen LogP contribution in [0, 0.1) is 18.6 Å². The van der Waals surface area contributed by atoms with Crippen LogP contribution in [0.2, 0.25) is 0 Å². The molecule has 0 aliphatic heterocycles. The number of hydrogen-bond donors (Lipinski definition) is 3. The zero-order chi connectivity index (χ0) is 32.9. The molecule has 0 saturated carbocycles. The van der Waals surface area contributed by atoms with E-state index in [4.69, 9.17) is 10.5 Å². The number of primary amides is 1. The maximum Gasteiger partial charge on any atom is 0.248 e. The van der Waals surface area contributed by atoms with Crippen molar-refractivity contribution in [2.75, 3.05) is 0 Å². The third kappa shape index (κ3) is 7.36. The Kier molecular flexibility index (Phi) is 9.06. The fraction of sp³-hybridized carbons (Fsp3) is 0.132. The molecule has 6 rings (SSSR count). The highest BCUT2D eigenvalue weighted by Crippen LogP contribution is 2.31. The SMILES string of the molecule is Cc1cc2[nH]cc(CC(=O)NC(Cc3cc(F)cc(F)c3)c3ncccc3-c3cccc(C(N)=O)c3)c2cc1OCc1ccccc1. The summed E-state index contributed by atoms with van der Waals surface area (Å²) < 4.78 is 34.6. The smallest absolute Gasteiger partial charge is 0.248 e. The minimum Gasteiger partial charge on any atom is -0.489 e. The number of H-pyrrole nitrogens is 1. The van der Waals surface area contributed by atoms with E-state index in [9.17, 15) is 18.4 Å². The van der Waals surface area contributed by atoms with Crippen molar-refractivity contribution in [1.29, 1.82) is 0 Å². The lowest BCUT2D eigenvalue weighted by molar-refractivity contribution is -0.121. The summed E-state index contributed by atoms with van der Waals surface area (Å²) in [7, 11) is 0. The molecule has 4 N–H and O–H groups in total. The first kappa shape index (κ1) is 31.2. The van der Waals surface area contributed by atoms with E-state index in [1.54, 1.807) is 42.7 Å². The maximum atomic E-state index is 14.2. The third-order valence-corrected chi connectivity index (χ3v) is 7.98. The monoisotopic (exact) mass is 630 g/mol. The molecule has 236 valence electrons. The van der Waals surface area contributed by atoms with Gasteiger partial charge in [-0.3, -0.25) is 14.6 Å². The van der Waals surface area contributed by atoms with E-state index in [-0.39, 0.29) is 18.7 Å². The number of nitrogens with one attached hydrogen (secondary N) is 2. The highest BCUT2D eigenvalue weighted by Gasteiger charge is 2.23. The number of hydrogen-bond acceptors (Lipinski definition) is 4. The summed E-state index contributed by atoms with van der Waals surface area (Å²) in [5.41, 5.74) is 11.6. The molecule has 0 aliphatic carbocycles. The lowest BCUT2D eigenvalue weighted by Crippen LogP contribution is -2.32. The maximum absolute atomic E-state index is 14.2. The van der Waals surface area contributed by atoms with Gasteiger partial charge in [-0.2, -0.15) is 0 Å². The van der Waals surface area contributed by atoms with Gasteiger partial charge in [0, 0.05) is 40.5 Å². The second kappa shape index (κ2) is 13.7. The van der Waals surface area contributed by atoms with Crippen LogP contribution < -0.4 is 15.8 Å². The van der Waals surface area contributed by atoms with Crippen LogP contribution in [-0.4, -0.2) is 21.8 Å². The molecule has 0 bridgehead atoms. The van der Waals surface area contributed by atoms with E-state index < -0.39 is 23.6 Å². The molecule has 1 atom stereocenters. The zero-order valence-corrected chi connectivity index (χ0v) is 25.6. The number of halogens is 2. The van der Waals surface area contributed by atoms with Gasteiger partial charge in [-0.25, -0.2) is 8.78 Å². The number of nitrogens with zero attached hydrogens (tertiary/aromatic N) is 1. The van der Waals surface area contributed by atoms with E-state index in [2.05, 4.69) is 15.3 Å². The number of rotatable bonds is 11. The van der Waals surface area contributed by atoms with Gasteiger partial charge < -0.3 is 20.8 Å². The highest BCUT2D eigenvalue weighted by molar-refractivity contribution is 5.94. The van der Waals surface area contributed by atoms with Gasteiger partial charge in [0.2, 0.25) is 11.8 Å². The summed E-state index contributed by atoms with van der Waals surface area (Å²) in [6.07, 6.45) is 3.46. The second-order valence-electron chi connectivity index (χ2n) is 11.4. The van der Waals surface area contributed by atoms with Crippen LogP contribution in [0.15, 0.2) is 109 Å². The largest absolute Gasteiger partial charge is 0.489 e. The molecular formula is C38H32F2N4O3. The number of amides is 2. The van der Waals surface area contributed by atoms with Gasteiger partial charge >= 0.3 is 0 Å². The number of fused-ring (bicyclic) bond motifs is 1. The normalized spacial score (nSPS) is 11.7. The van der Waals surface area contributed by atoms with Gasteiger partial charge in [0.1, 0.15) is 24.0 Å². The number of ether oxygens (including phenoxy) is 1. The molecule has 2 heterocycles. The topological polar surface area (TPSA) is 110 Å². The Morgan fingerprint density at radius 3 is 2.47 bits per heavy atom. The Morgan fingerprint density at radius 2 is 1.70 bits per heavy atom. The molecule has 9 heteroatoms. The van der Waals surface area contributed by atoms with Crippen molar-refractivity contribution in [1.82, 2.24) is 15.3 Å². The Balaban J connectivity index is 1.30. The quantitative estimate of drug-likeness (QED) is 0.141. The summed E-state index contributed by atoms with van der Waals surface area (Å²) >= 11 is 0. The van der Waals surface area contributed by atoms with E-state index >= 15 is 0 Å². The molecule has 4 aromatic carbocycles. The highest BCUT2D eigenvalue weighted by atomic mass is 19.1. The van der Waals surface area contributed by atoms with Gasteiger partial charge in [0.15, 0.2) is 0 Å². The Bertz CT molecular complexity index is 2060. The standard InChI is InChI=1S/C38H32F2N4O3/c1-23-13-33-32(20-35(23)47-22-24-7-3-2-4-8-24)28(21-43-33)18-36(45)44-34(16-25-14-29(39)19-30(40)15-25)37-31(11-6-12-42-37)26-9-5-10-27(17-26)38(41)46/h2-15,17,19-21,34,43H,16,18,22H2,1H3,(H2,41,46)(H,44,45). The van der Waals surface area contributed by atoms with Crippen LogP contribution >= 0.6 is 0 Å². The molecule has 0 saturated heterocycles. The first-order valence-corrected chi connectivity index (χ1v) is 15.1. The first-order chi connectivity index (χ1) is 22.7. The second-order valence-corrected chi connectivity index (χ2v) is 11.4. The van der Waals surface area contributed by atoms with Crippen molar-refractivity contribution >= 4 is 22.7 Å². The van der Waals surface area contributed by atoms with E-state index in [0.29, 0.717) is 40.3 Å². The van der Waals surface area contributed by atoms with Crippen LogP contribution in [0.1, 0.15) is 44.3 Å². The number of aromatic nitrogens is 2. The van der Waals surface area contributed by atoms with Gasteiger partial charge in [0.25, 0.3) is 0 Å². The average Bonchev–Trinajstić information content (AvgIpc) is 3.43. The summed E-state index contributed by atoms with van der Waals surface area (Å²) in [6, 6.07) is 26.6. The molecule has 7 nitrogen and oxygen atoms in total. The number of pyridine rings is 1. The molecule has 0 radical (unpaired) electrons. The van der Waals surface area contributed by atoms with Gasteiger partial charge in [-0.05, 0) is 83.6 Å². The lowest BCUT2D eigenvalue weighted by atomic mass is 9.94. The minimum absolute atomic E-state index is 0.0223. The molecule has 1 unspecified atom stereocenters. The van der Waals surface area contributed by atoms with Gasteiger partial charge in [0.05, 0.1) is 18.2 Å². The van der Waals surface area contributed by atoms with Gasteiger partial charge in [-0.1, -0.05) is 48.5 Å². The van der Waals surface area contributed by atoms with Crippen LogP contribution in [0.25, 0.3) is 22.0 Å². The number of aromatic amines is 1. The van der Waals surface area contributed by atoms with Crippen LogP contribution in [0.4, 0.5) is 8.78 Å². The third-order valence-electron chi connectivity index (χ3n) is 7.98. The molecule has 0 fully saturated rings. The average molecular weight is 631 g/mol. The van der Waals surface area contributed by atoms with Crippen molar-refractivity contribution in [3.8, 4) is 16.9 Å². The number of carbonyl (C=O) groups excluding carboxylic acids is 2. The fourth-order valence-corrected chi connectivity index (χ4v) is 5.73. The van der Waals surface area contributed by atoms with Crippen LogP contribution in [0.5, 0.6) is 5.75 Å². The minimum atomic E-state index is -0.769. The molecule has 47 heavy (non-hydrogen) atoms. The zero-order valence-electron chi connectivity index (χ0n) is 25.6. The van der Waals surface area contributed by atoms with Crippen molar-refractivity contribution < 1.29 is 23.1 Å². The van der Waals surface area contributed by atoms with Crippen molar-refractivity contribution in [3.63, 3.8) is 0 Å². The Morgan fingerprint density at radius 1 is 0.915 bits per heavy atom. The molecule has 6 aromatic rings. The predicted octanol–water partition coefficient (Wildman–Crippen LogP) is 7.14. The number of carbonyl (C=O) groups is 2. The number of aryl methyl sites for hydroxylation is 1. The summed E-state index contributed by atoms with van der Waals surface area (Å²) in [5.74, 6) is -1.63. The van der Waals surface area contributed by atoms with Crippen molar-refractivity contribution in [2.45, 2.75) is 32.4 Å². The van der Waals surface area contributed by atoms with E-state index in [1.165, 1.54) is 12.1 Å². The van der Waals surface area contributed by atoms with Crippen molar-refractivity contribution in [2.24, 2.45) is 5.73 Å². The molecule has 0 aliphatic rings. The Labute approximate surface area is 270 Å². The molecule has 0 spiro atoms. The summed E-state index contributed by atoms with van der Waals surface area (Å²) in [4.78, 5) is 33.5. The van der Waals surface area contributed by atoms with Crippen LogP contribution in [0.3, 0.4) is 0 Å². The van der Waals surface area contributed by atoms with E-state index in [1.807, 2.05) is 55.5 Å². The number of nitrogens with two attached hydrogens (primary N) is 1. The number of benzene rings is 4. The first-order valence-electron chi connectivity index (χ1n) is 15.1.